The molecule has 42 heavy (non-hydrogen) atoms. The number of carbonyl (C=O) groups excluding carboxylic acids is 2. The Morgan fingerprint density at radius 2 is 1.81 bits per heavy atom. The Labute approximate surface area is 240 Å². The predicted molar refractivity (Wildman–Crippen MR) is 150 cm³/mol. The number of aromatic amines is 1. The molecule has 12 heteroatoms. The number of hydrogen-bond acceptors (Lipinski definition) is 8. The number of aliphatic hydroxyl groups is 2. The first-order valence-electron chi connectivity index (χ1n) is 13.4. The summed E-state index contributed by atoms with van der Waals surface area (Å²) in [7, 11) is 0. The average Bonchev–Trinajstić information content (AvgIpc) is 3.52. The number of hydrogen-bond donors (Lipinski definition) is 5. The van der Waals surface area contributed by atoms with Crippen molar-refractivity contribution in [3.63, 3.8) is 0 Å². The molecule has 2 amide bonds. The quantitative estimate of drug-likeness (QED) is 0.255. The zero-order chi connectivity index (χ0) is 29.8. The minimum absolute atomic E-state index is 0.0503. The van der Waals surface area contributed by atoms with Crippen LogP contribution in [0.1, 0.15) is 42.2 Å². The second-order valence-corrected chi connectivity index (χ2v) is 10.0. The van der Waals surface area contributed by atoms with E-state index in [0.29, 0.717) is 0 Å². The number of ether oxygens (including phenoxy) is 2. The van der Waals surface area contributed by atoms with Crippen molar-refractivity contribution in [2.24, 2.45) is 0 Å². The summed E-state index contributed by atoms with van der Waals surface area (Å²) in [5.74, 6) is 4.61. The molecule has 4 atom stereocenters. The van der Waals surface area contributed by atoms with E-state index in [0.717, 1.165) is 26.8 Å². The molecule has 5 rings (SSSR count). The Hall–Kier alpha value is -4.70. The SMILES string of the molecule is C[C@H](NC(=O)OCC1c2ccccc2-c2ccccc21)C(=O)NCC#Cc1cn([C@H]2C[C@H](O)[C@@H](CO)O2)c(=O)[nH]c1=O. The van der Waals surface area contributed by atoms with E-state index in [-0.39, 0.29) is 31.1 Å². The second-order valence-electron chi connectivity index (χ2n) is 10.0. The maximum Gasteiger partial charge on any atom is 0.407 e. The standard InChI is InChI=1S/C30H30N4O8/c1-17(32-30(40)41-16-23-21-10-4-2-8-19(21)20-9-3-5-11-22(20)23)27(37)31-12-6-7-18-14-34(29(39)33-28(18)38)26-13-24(36)25(15-35)42-26/h2-5,8-11,14,17,23-26,35-36H,12-13,15-16H2,1H3,(H,31,37)(H,32,40)(H,33,38,39)/t17-,24-,25+,26+/m0/s1. The number of rotatable bonds is 7. The summed E-state index contributed by atoms with van der Waals surface area (Å²) in [4.78, 5) is 51.5. The van der Waals surface area contributed by atoms with Gasteiger partial charge in [-0.25, -0.2) is 9.59 Å². The first kappa shape index (κ1) is 28.8. The number of amides is 2. The lowest BCUT2D eigenvalue weighted by Crippen LogP contribution is -2.45. The molecule has 1 aliphatic carbocycles. The van der Waals surface area contributed by atoms with Crippen molar-refractivity contribution in [1.82, 2.24) is 20.2 Å². The molecule has 1 fully saturated rings. The van der Waals surface area contributed by atoms with Crippen LogP contribution < -0.4 is 21.9 Å². The van der Waals surface area contributed by atoms with Gasteiger partial charge in [-0.05, 0) is 29.2 Å². The van der Waals surface area contributed by atoms with Crippen molar-refractivity contribution in [3.8, 4) is 23.0 Å². The van der Waals surface area contributed by atoms with Gasteiger partial charge in [0, 0.05) is 18.5 Å². The monoisotopic (exact) mass is 574 g/mol. The molecule has 0 unspecified atom stereocenters. The Bertz CT molecular complexity index is 1620. The number of carbonyl (C=O) groups is 2. The fraction of sp³-hybridized carbons (Fsp3) is 0.333. The Morgan fingerprint density at radius 3 is 2.45 bits per heavy atom. The van der Waals surface area contributed by atoms with E-state index in [2.05, 4.69) is 27.5 Å². The molecule has 1 aromatic heterocycles. The van der Waals surface area contributed by atoms with Gasteiger partial charge in [0.1, 0.15) is 30.5 Å². The number of nitrogens with zero attached hydrogens (tertiary/aromatic N) is 1. The van der Waals surface area contributed by atoms with E-state index in [4.69, 9.17) is 9.47 Å². The number of H-pyrrole nitrogens is 1. The smallest absolute Gasteiger partial charge is 0.407 e. The number of aromatic nitrogens is 2. The van der Waals surface area contributed by atoms with Crippen molar-refractivity contribution in [2.75, 3.05) is 19.8 Å². The van der Waals surface area contributed by atoms with E-state index < -0.39 is 54.3 Å². The second kappa shape index (κ2) is 12.4. The zero-order valence-electron chi connectivity index (χ0n) is 22.7. The number of aliphatic hydroxyl groups excluding tert-OH is 2. The van der Waals surface area contributed by atoms with E-state index in [1.165, 1.54) is 13.1 Å². The molecule has 12 nitrogen and oxygen atoms in total. The van der Waals surface area contributed by atoms with Gasteiger partial charge in [0.2, 0.25) is 5.91 Å². The van der Waals surface area contributed by atoms with E-state index in [1.807, 2.05) is 48.5 Å². The fourth-order valence-corrected chi connectivity index (χ4v) is 5.14. The lowest BCUT2D eigenvalue weighted by molar-refractivity contribution is -0.122. The maximum absolute atomic E-state index is 12.5. The van der Waals surface area contributed by atoms with Gasteiger partial charge in [-0.3, -0.25) is 19.1 Å². The average molecular weight is 575 g/mol. The first-order valence-corrected chi connectivity index (χ1v) is 13.4. The predicted octanol–water partition coefficient (Wildman–Crippen LogP) is 0.572. The van der Waals surface area contributed by atoms with Crippen molar-refractivity contribution < 1.29 is 29.3 Å². The highest BCUT2D eigenvalue weighted by Gasteiger charge is 2.35. The van der Waals surface area contributed by atoms with Crippen LogP contribution in [0, 0.1) is 11.8 Å². The van der Waals surface area contributed by atoms with Crippen LogP contribution in [0.4, 0.5) is 4.79 Å². The van der Waals surface area contributed by atoms with Gasteiger partial charge in [-0.2, -0.15) is 0 Å². The molecule has 218 valence electrons. The number of fused-ring (bicyclic) bond motifs is 3. The van der Waals surface area contributed by atoms with Gasteiger partial charge < -0.3 is 30.3 Å². The van der Waals surface area contributed by atoms with Crippen LogP contribution in [0.15, 0.2) is 64.3 Å². The molecular weight excluding hydrogens is 544 g/mol. The molecule has 0 radical (unpaired) electrons. The molecule has 0 saturated carbocycles. The summed E-state index contributed by atoms with van der Waals surface area (Å²) in [5, 5.41) is 24.3. The summed E-state index contributed by atoms with van der Waals surface area (Å²) in [6.07, 6.45) is -2.17. The molecular formula is C30H30N4O8. The highest BCUT2D eigenvalue weighted by Crippen LogP contribution is 2.44. The summed E-state index contributed by atoms with van der Waals surface area (Å²) in [5.41, 5.74) is 2.84. The van der Waals surface area contributed by atoms with Crippen LogP contribution in [-0.2, 0) is 14.3 Å². The molecule has 1 saturated heterocycles. The largest absolute Gasteiger partial charge is 0.449 e. The third-order valence-electron chi connectivity index (χ3n) is 7.31. The number of alkyl carbamates (subject to hydrolysis) is 1. The van der Waals surface area contributed by atoms with Crippen LogP contribution in [0.3, 0.4) is 0 Å². The topological polar surface area (TPSA) is 172 Å². The summed E-state index contributed by atoms with van der Waals surface area (Å²) in [6.45, 7) is 1.05. The summed E-state index contributed by atoms with van der Waals surface area (Å²) < 4.78 is 12.0. The Morgan fingerprint density at radius 1 is 1.14 bits per heavy atom. The van der Waals surface area contributed by atoms with Gasteiger partial charge in [0.25, 0.3) is 5.56 Å². The fourth-order valence-electron chi connectivity index (χ4n) is 5.14. The third kappa shape index (κ3) is 5.99. The van der Waals surface area contributed by atoms with Gasteiger partial charge >= 0.3 is 11.8 Å². The molecule has 2 aliphatic rings. The van der Waals surface area contributed by atoms with Gasteiger partial charge in [0.15, 0.2) is 0 Å². The van der Waals surface area contributed by atoms with Gasteiger partial charge in [-0.1, -0.05) is 60.4 Å². The van der Waals surface area contributed by atoms with Crippen molar-refractivity contribution >= 4 is 12.0 Å². The summed E-state index contributed by atoms with van der Waals surface area (Å²) in [6, 6.07) is 15.0. The van der Waals surface area contributed by atoms with Crippen LogP contribution in [0.2, 0.25) is 0 Å². The Balaban J connectivity index is 1.13. The van der Waals surface area contributed by atoms with Crippen LogP contribution in [0.25, 0.3) is 11.1 Å². The van der Waals surface area contributed by atoms with Gasteiger partial charge in [-0.15, -0.1) is 0 Å². The molecule has 5 N–H and O–H groups in total. The Kier molecular flexibility index (Phi) is 8.53. The van der Waals surface area contributed by atoms with E-state index in [9.17, 15) is 29.4 Å². The third-order valence-corrected chi connectivity index (χ3v) is 7.31. The minimum atomic E-state index is -0.965. The first-order chi connectivity index (χ1) is 20.3. The lowest BCUT2D eigenvalue weighted by atomic mass is 9.98. The minimum Gasteiger partial charge on any atom is -0.449 e. The van der Waals surface area contributed by atoms with Crippen molar-refractivity contribution in [2.45, 2.75) is 43.7 Å². The number of nitrogens with one attached hydrogen (secondary N) is 3. The van der Waals surface area contributed by atoms with E-state index in [1.54, 1.807) is 0 Å². The highest BCUT2D eigenvalue weighted by atomic mass is 16.6. The van der Waals surface area contributed by atoms with Crippen LogP contribution in [-0.4, -0.2) is 69.8 Å². The molecule has 2 heterocycles. The molecule has 2 aromatic carbocycles. The summed E-state index contributed by atoms with van der Waals surface area (Å²) >= 11 is 0. The van der Waals surface area contributed by atoms with Gasteiger partial charge in [0.05, 0.1) is 19.3 Å². The zero-order valence-corrected chi connectivity index (χ0v) is 22.7. The lowest BCUT2D eigenvalue weighted by Gasteiger charge is -2.16. The van der Waals surface area contributed by atoms with Crippen LogP contribution >= 0.6 is 0 Å². The maximum atomic E-state index is 12.5. The van der Waals surface area contributed by atoms with Crippen LogP contribution in [0.5, 0.6) is 0 Å². The molecule has 3 aromatic rings. The number of benzene rings is 2. The molecule has 0 spiro atoms. The molecule has 0 bridgehead atoms. The van der Waals surface area contributed by atoms with Crippen molar-refractivity contribution in [3.05, 3.63) is 92.3 Å². The normalized spacial score (nSPS) is 19.6. The van der Waals surface area contributed by atoms with E-state index >= 15 is 0 Å². The highest BCUT2D eigenvalue weighted by molar-refractivity contribution is 5.85. The molecule has 1 aliphatic heterocycles. The van der Waals surface area contributed by atoms with Crippen molar-refractivity contribution in [1.29, 1.82) is 0 Å².